The van der Waals surface area contributed by atoms with Crippen molar-refractivity contribution in [3.05, 3.63) is 30.3 Å². The predicted octanol–water partition coefficient (Wildman–Crippen LogP) is 3.67. The molecule has 0 aliphatic carbocycles. The van der Waals surface area contributed by atoms with Gasteiger partial charge < -0.3 is 4.57 Å². The van der Waals surface area contributed by atoms with E-state index in [1.165, 1.54) is 0 Å². The topological polar surface area (TPSA) is 17.1 Å². The van der Waals surface area contributed by atoms with Crippen molar-refractivity contribution in [3.8, 4) is 0 Å². The van der Waals surface area contributed by atoms with E-state index in [4.69, 9.17) is 11.6 Å². The molecule has 0 aliphatic rings. The Morgan fingerprint density at radius 3 is 2.07 bits per heavy atom. The molecular formula is C11H16ClOP. The first kappa shape index (κ1) is 11.8. The highest BCUT2D eigenvalue weighted by molar-refractivity contribution is 7.74. The van der Waals surface area contributed by atoms with Crippen LogP contribution in [0.15, 0.2) is 30.3 Å². The van der Waals surface area contributed by atoms with Crippen molar-refractivity contribution in [2.24, 2.45) is 0 Å². The molecule has 0 spiro atoms. The van der Waals surface area contributed by atoms with Crippen LogP contribution < -0.4 is 5.30 Å². The minimum Gasteiger partial charge on any atom is -0.317 e. The van der Waals surface area contributed by atoms with Gasteiger partial charge in [-0.1, -0.05) is 51.1 Å². The third-order valence-electron chi connectivity index (χ3n) is 2.43. The van der Waals surface area contributed by atoms with Crippen LogP contribution in [0.25, 0.3) is 0 Å². The number of rotatable bonds is 2. The first-order valence-electron chi connectivity index (χ1n) is 4.62. The van der Waals surface area contributed by atoms with Gasteiger partial charge in [0.15, 0.2) is 0 Å². The quantitative estimate of drug-likeness (QED) is 0.560. The van der Waals surface area contributed by atoms with Crippen LogP contribution in [0.1, 0.15) is 20.8 Å². The molecule has 14 heavy (non-hydrogen) atoms. The summed E-state index contributed by atoms with van der Waals surface area (Å²) in [5.41, 5.74) is 0.209. The third kappa shape index (κ3) is 2.04. The molecule has 0 radical (unpaired) electrons. The molecule has 1 rings (SSSR count). The van der Waals surface area contributed by atoms with E-state index in [2.05, 4.69) is 0 Å². The lowest BCUT2D eigenvalue weighted by Crippen LogP contribution is -2.23. The summed E-state index contributed by atoms with van der Waals surface area (Å²) in [6.07, 6.45) is 0. The molecule has 0 N–H and O–H groups in total. The minimum absolute atomic E-state index is 0.209. The summed E-state index contributed by atoms with van der Waals surface area (Å²) in [5, 5.41) is 0.610. The average molecular weight is 231 g/mol. The van der Waals surface area contributed by atoms with Crippen LogP contribution in [-0.2, 0) is 4.57 Å². The number of hydrogen-bond donors (Lipinski definition) is 0. The molecule has 1 atom stereocenters. The van der Waals surface area contributed by atoms with Crippen molar-refractivity contribution < 1.29 is 4.57 Å². The van der Waals surface area contributed by atoms with Gasteiger partial charge in [-0.3, -0.25) is 0 Å². The highest BCUT2D eigenvalue weighted by atomic mass is 35.5. The van der Waals surface area contributed by atoms with Crippen molar-refractivity contribution in [1.29, 1.82) is 0 Å². The van der Waals surface area contributed by atoms with E-state index in [1.807, 2.05) is 51.1 Å². The summed E-state index contributed by atoms with van der Waals surface area (Å²) in [6.45, 7) is 5.93. The van der Waals surface area contributed by atoms with E-state index in [9.17, 15) is 4.57 Å². The Morgan fingerprint density at radius 2 is 1.71 bits per heavy atom. The Bertz CT molecular complexity index is 340. The van der Waals surface area contributed by atoms with Gasteiger partial charge in [-0.15, -0.1) is 11.6 Å². The van der Waals surface area contributed by atoms with E-state index >= 15 is 0 Å². The molecule has 0 heterocycles. The zero-order chi connectivity index (χ0) is 10.8. The van der Waals surface area contributed by atoms with Crippen molar-refractivity contribution >= 4 is 24.0 Å². The smallest absolute Gasteiger partial charge is 0.134 e. The van der Waals surface area contributed by atoms with Crippen molar-refractivity contribution in [3.63, 3.8) is 0 Å². The van der Waals surface area contributed by atoms with Crippen molar-refractivity contribution in [1.82, 2.24) is 0 Å². The van der Waals surface area contributed by atoms with Gasteiger partial charge in [0.1, 0.15) is 7.14 Å². The number of hydrogen-bond acceptors (Lipinski definition) is 1. The summed E-state index contributed by atoms with van der Waals surface area (Å²) in [4.78, 5) is 0. The largest absolute Gasteiger partial charge is 0.317 e. The Labute approximate surface area is 90.8 Å². The summed E-state index contributed by atoms with van der Waals surface area (Å²) in [5.74, 6) is 0. The molecule has 0 bridgehead atoms. The lowest BCUT2D eigenvalue weighted by Gasteiger charge is -2.29. The van der Waals surface area contributed by atoms with Gasteiger partial charge in [-0.25, -0.2) is 0 Å². The fourth-order valence-electron chi connectivity index (χ4n) is 1.30. The van der Waals surface area contributed by atoms with Crippen LogP contribution in [0.3, 0.4) is 0 Å². The summed E-state index contributed by atoms with van der Waals surface area (Å²) < 4.78 is 12.7. The van der Waals surface area contributed by atoms with Gasteiger partial charge >= 0.3 is 0 Å². The normalized spacial score (nSPS) is 16.3. The van der Waals surface area contributed by atoms with Gasteiger partial charge in [-0.05, 0) is 0 Å². The van der Waals surface area contributed by atoms with Crippen LogP contribution in [0.2, 0.25) is 0 Å². The third-order valence-corrected chi connectivity index (χ3v) is 7.07. The average Bonchev–Trinajstić information content (AvgIpc) is 2.16. The minimum atomic E-state index is -2.47. The number of benzene rings is 1. The number of halogens is 1. The monoisotopic (exact) mass is 230 g/mol. The van der Waals surface area contributed by atoms with Gasteiger partial charge in [0, 0.05) is 10.5 Å². The fourth-order valence-corrected chi connectivity index (χ4v) is 4.72. The van der Waals surface area contributed by atoms with Crippen molar-refractivity contribution in [2.75, 3.05) is 5.62 Å². The molecule has 0 aliphatic heterocycles. The standard InChI is InChI=1S/C11H16ClOP/c1-11(2,3)14(13,9-12)10-7-5-4-6-8-10/h4-8H,9H2,1-3H3. The van der Waals surface area contributed by atoms with Gasteiger partial charge in [0.05, 0.1) is 5.62 Å². The zero-order valence-electron chi connectivity index (χ0n) is 8.83. The molecule has 1 aromatic rings. The first-order valence-corrected chi connectivity index (χ1v) is 7.05. The zero-order valence-corrected chi connectivity index (χ0v) is 10.5. The second-order valence-corrected chi connectivity index (χ2v) is 8.66. The van der Waals surface area contributed by atoms with Crippen LogP contribution in [0.5, 0.6) is 0 Å². The van der Waals surface area contributed by atoms with E-state index in [-0.39, 0.29) is 10.8 Å². The lowest BCUT2D eigenvalue weighted by molar-refractivity contribution is 0.559. The van der Waals surface area contributed by atoms with E-state index in [0.717, 1.165) is 5.30 Å². The molecule has 78 valence electrons. The fraction of sp³-hybridized carbons (Fsp3) is 0.455. The molecule has 0 saturated heterocycles. The molecule has 0 fully saturated rings. The first-order chi connectivity index (χ1) is 6.42. The van der Waals surface area contributed by atoms with Gasteiger partial charge in [-0.2, -0.15) is 0 Å². The second kappa shape index (κ2) is 4.08. The molecular weight excluding hydrogens is 215 g/mol. The Kier molecular flexibility index (Phi) is 3.44. The van der Waals surface area contributed by atoms with Gasteiger partial charge in [0.25, 0.3) is 0 Å². The lowest BCUT2D eigenvalue weighted by atomic mass is 10.3. The van der Waals surface area contributed by atoms with E-state index in [0.29, 0.717) is 0 Å². The van der Waals surface area contributed by atoms with Crippen LogP contribution >= 0.6 is 18.7 Å². The summed E-state index contributed by atoms with van der Waals surface area (Å²) in [6, 6.07) is 9.52. The van der Waals surface area contributed by atoms with E-state index in [1.54, 1.807) is 0 Å². The second-order valence-electron chi connectivity index (χ2n) is 4.37. The Morgan fingerprint density at radius 1 is 1.21 bits per heavy atom. The highest BCUT2D eigenvalue weighted by Gasteiger charge is 2.36. The van der Waals surface area contributed by atoms with Crippen LogP contribution in [0.4, 0.5) is 0 Å². The van der Waals surface area contributed by atoms with Gasteiger partial charge in [0.2, 0.25) is 0 Å². The summed E-state index contributed by atoms with van der Waals surface area (Å²) in [7, 11) is -2.47. The molecule has 1 aromatic carbocycles. The van der Waals surface area contributed by atoms with Crippen molar-refractivity contribution in [2.45, 2.75) is 25.9 Å². The molecule has 0 saturated carbocycles. The highest BCUT2D eigenvalue weighted by Crippen LogP contribution is 2.57. The SMILES string of the molecule is CC(C)(C)P(=O)(CCl)c1ccccc1. The molecule has 1 nitrogen and oxygen atoms in total. The van der Waals surface area contributed by atoms with Crippen LogP contribution in [-0.4, -0.2) is 10.8 Å². The molecule has 0 amide bonds. The maximum Gasteiger partial charge on any atom is 0.134 e. The molecule has 3 heteroatoms. The Hall–Kier alpha value is -0.260. The molecule has 1 unspecified atom stereocenters. The maximum absolute atomic E-state index is 12.7. The predicted molar refractivity (Wildman–Crippen MR) is 64.2 cm³/mol. The Balaban J connectivity index is 3.23. The van der Waals surface area contributed by atoms with E-state index < -0.39 is 7.14 Å². The van der Waals surface area contributed by atoms with Crippen LogP contribution in [0, 0.1) is 0 Å². The number of alkyl halides is 1. The summed E-state index contributed by atoms with van der Waals surface area (Å²) >= 11 is 5.86. The maximum atomic E-state index is 12.7. The molecule has 0 aromatic heterocycles.